The standard InChI is InChI=1S/C10H11NO2/c1-2-3-8-4-5-9(11-7-12)10(13)6-8/h2,4-7,13H,1,3H2,(H,11,12). The van der Waals surface area contributed by atoms with Crippen molar-refractivity contribution in [2.45, 2.75) is 6.42 Å². The Balaban J connectivity index is 2.90. The monoisotopic (exact) mass is 177 g/mol. The van der Waals surface area contributed by atoms with Gasteiger partial charge >= 0.3 is 0 Å². The predicted molar refractivity (Wildman–Crippen MR) is 51.7 cm³/mol. The Morgan fingerprint density at radius 3 is 2.85 bits per heavy atom. The number of allylic oxidation sites excluding steroid dienone is 1. The Labute approximate surface area is 76.7 Å². The molecule has 0 radical (unpaired) electrons. The van der Waals surface area contributed by atoms with Gasteiger partial charge in [-0.3, -0.25) is 4.79 Å². The number of anilines is 1. The van der Waals surface area contributed by atoms with Gasteiger partial charge in [0.05, 0.1) is 5.69 Å². The topological polar surface area (TPSA) is 49.3 Å². The number of carbonyl (C=O) groups is 1. The smallest absolute Gasteiger partial charge is 0.211 e. The quantitative estimate of drug-likeness (QED) is 0.417. The van der Waals surface area contributed by atoms with Crippen LogP contribution in [0, 0.1) is 0 Å². The maximum absolute atomic E-state index is 10.1. The molecule has 0 bridgehead atoms. The number of carbonyl (C=O) groups excluding carboxylic acids is 1. The molecule has 0 aliphatic heterocycles. The fourth-order valence-corrected chi connectivity index (χ4v) is 1.06. The summed E-state index contributed by atoms with van der Waals surface area (Å²) in [4.78, 5) is 10.1. The zero-order chi connectivity index (χ0) is 9.68. The van der Waals surface area contributed by atoms with Gasteiger partial charge in [-0.25, -0.2) is 0 Å². The number of phenolic OH excluding ortho intramolecular Hbond substituents is 1. The van der Waals surface area contributed by atoms with Crippen LogP contribution in [0.15, 0.2) is 30.9 Å². The molecule has 13 heavy (non-hydrogen) atoms. The van der Waals surface area contributed by atoms with E-state index in [1.807, 2.05) is 6.07 Å². The normalized spacial score (nSPS) is 9.23. The molecule has 0 aromatic heterocycles. The van der Waals surface area contributed by atoms with Gasteiger partial charge in [-0.2, -0.15) is 0 Å². The van der Waals surface area contributed by atoms with E-state index in [1.54, 1.807) is 18.2 Å². The first-order chi connectivity index (χ1) is 6.27. The number of hydrogen-bond acceptors (Lipinski definition) is 2. The van der Waals surface area contributed by atoms with Gasteiger partial charge in [-0.05, 0) is 24.1 Å². The minimum Gasteiger partial charge on any atom is -0.506 e. The first kappa shape index (κ1) is 9.32. The molecule has 0 unspecified atom stereocenters. The highest BCUT2D eigenvalue weighted by atomic mass is 16.3. The molecule has 0 saturated carbocycles. The van der Waals surface area contributed by atoms with Gasteiger partial charge in [-0.1, -0.05) is 12.1 Å². The molecule has 0 saturated heterocycles. The van der Waals surface area contributed by atoms with Crippen LogP contribution in [0.25, 0.3) is 0 Å². The molecule has 0 aliphatic rings. The van der Waals surface area contributed by atoms with Gasteiger partial charge in [0, 0.05) is 0 Å². The third-order valence-electron chi connectivity index (χ3n) is 1.66. The summed E-state index contributed by atoms with van der Waals surface area (Å²) >= 11 is 0. The van der Waals surface area contributed by atoms with Crippen molar-refractivity contribution < 1.29 is 9.90 Å². The molecule has 2 N–H and O–H groups in total. The Morgan fingerprint density at radius 1 is 1.54 bits per heavy atom. The van der Waals surface area contributed by atoms with E-state index in [0.29, 0.717) is 18.5 Å². The van der Waals surface area contributed by atoms with Crippen molar-refractivity contribution in [1.29, 1.82) is 0 Å². The maximum Gasteiger partial charge on any atom is 0.211 e. The summed E-state index contributed by atoms with van der Waals surface area (Å²) in [5, 5.41) is 11.8. The molecule has 1 aromatic carbocycles. The fourth-order valence-electron chi connectivity index (χ4n) is 1.06. The molecular weight excluding hydrogens is 166 g/mol. The molecule has 0 aliphatic carbocycles. The van der Waals surface area contributed by atoms with E-state index in [0.717, 1.165) is 5.56 Å². The van der Waals surface area contributed by atoms with E-state index >= 15 is 0 Å². The number of rotatable bonds is 4. The Morgan fingerprint density at radius 2 is 2.31 bits per heavy atom. The fraction of sp³-hybridized carbons (Fsp3) is 0.100. The van der Waals surface area contributed by atoms with E-state index in [2.05, 4.69) is 11.9 Å². The van der Waals surface area contributed by atoms with Gasteiger partial charge in [0.25, 0.3) is 0 Å². The number of nitrogens with one attached hydrogen (secondary N) is 1. The summed E-state index contributed by atoms with van der Waals surface area (Å²) in [7, 11) is 0. The van der Waals surface area contributed by atoms with Crippen LogP contribution in [0.2, 0.25) is 0 Å². The lowest BCUT2D eigenvalue weighted by molar-refractivity contribution is -0.105. The van der Waals surface area contributed by atoms with Crippen LogP contribution in [-0.4, -0.2) is 11.5 Å². The van der Waals surface area contributed by atoms with Gasteiger partial charge < -0.3 is 10.4 Å². The molecular formula is C10H11NO2. The highest BCUT2D eigenvalue weighted by Gasteiger charge is 1.99. The number of phenols is 1. The van der Waals surface area contributed by atoms with Crippen LogP contribution >= 0.6 is 0 Å². The van der Waals surface area contributed by atoms with Crippen LogP contribution in [0.1, 0.15) is 5.56 Å². The van der Waals surface area contributed by atoms with E-state index in [9.17, 15) is 9.90 Å². The molecule has 3 heteroatoms. The summed E-state index contributed by atoms with van der Waals surface area (Å²) < 4.78 is 0. The minimum absolute atomic E-state index is 0.0754. The van der Waals surface area contributed by atoms with Crippen molar-refractivity contribution in [3.8, 4) is 5.75 Å². The second kappa shape index (κ2) is 4.30. The third kappa shape index (κ3) is 2.33. The van der Waals surface area contributed by atoms with E-state index in [-0.39, 0.29) is 5.75 Å². The third-order valence-corrected chi connectivity index (χ3v) is 1.66. The SMILES string of the molecule is C=CCc1ccc(NC=O)c(O)c1. The Bertz CT molecular complexity index is 321. The van der Waals surface area contributed by atoms with Crippen LogP contribution in [-0.2, 0) is 11.2 Å². The average Bonchev–Trinajstić information content (AvgIpc) is 2.10. The first-order valence-electron chi connectivity index (χ1n) is 3.91. The zero-order valence-electron chi connectivity index (χ0n) is 7.16. The lowest BCUT2D eigenvalue weighted by atomic mass is 10.1. The second-order valence-corrected chi connectivity index (χ2v) is 2.61. The zero-order valence-corrected chi connectivity index (χ0v) is 7.16. The van der Waals surface area contributed by atoms with Crippen LogP contribution in [0.4, 0.5) is 5.69 Å². The molecule has 3 nitrogen and oxygen atoms in total. The lowest BCUT2D eigenvalue weighted by Crippen LogP contribution is -1.94. The largest absolute Gasteiger partial charge is 0.506 e. The minimum atomic E-state index is 0.0754. The van der Waals surface area contributed by atoms with Gasteiger partial charge in [0.15, 0.2) is 0 Å². The van der Waals surface area contributed by atoms with Crippen molar-refractivity contribution in [1.82, 2.24) is 0 Å². The van der Waals surface area contributed by atoms with E-state index in [1.165, 1.54) is 0 Å². The van der Waals surface area contributed by atoms with Crippen molar-refractivity contribution in [3.63, 3.8) is 0 Å². The summed E-state index contributed by atoms with van der Waals surface area (Å²) in [5.74, 6) is 0.0754. The van der Waals surface area contributed by atoms with Gasteiger partial charge in [0.2, 0.25) is 6.41 Å². The Kier molecular flexibility index (Phi) is 3.09. The van der Waals surface area contributed by atoms with E-state index in [4.69, 9.17) is 0 Å². The van der Waals surface area contributed by atoms with Crippen molar-refractivity contribution in [3.05, 3.63) is 36.4 Å². The van der Waals surface area contributed by atoms with Crippen molar-refractivity contribution in [2.24, 2.45) is 0 Å². The van der Waals surface area contributed by atoms with Crippen molar-refractivity contribution >= 4 is 12.1 Å². The summed E-state index contributed by atoms with van der Waals surface area (Å²) in [5.41, 5.74) is 1.38. The van der Waals surface area contributed by atoms with Crippen LogP contribution in [0.5, 0.6) is 5.75 Å². The first-order valence-corrected chi connectivity index (χ1v) is 3.91. The number of amides is 1. The maximum atomic E-state index is 10.1. The second-order valence-electron chi connectivity index (χ2n) is 2.61. The molecule has 0 atom stereocenters. The predicted octanol–water partition coefficient (Wildman–Crippen LogP) is 1.69. The number of benzene rings is 1. The summed E-state index contributed by atoms with van der Waals surface area (Å²) in [6, 6.07) is 5.09. The molecule has 0 fully saturated rings. The number of aromatic hydroxyl groups is 1. The van der Waals surface area contributed by atoms with Gasteiger partial charge in [0.1, 0.15) is 5.75 Å². The summed E-state index contributed by atoms with van der Waals surface area (Å²) in [6.07, 6.45) is 2.98. The molecule has 0 heterocycles. The molecule has 68 valence electrons. The molecule has 0 spiro atoms. The van der Waals surface area contributed by atoms with E-state index < -0.39 is 0 Å². The molecule has 1 amide bonds. The summed E-state index contributed by atoms with van der Waals surface area (Å²) in [6.45, 7) is 3.59. The highest BCUT2D eigenvalue weighted by Crippen LogP contribution is 2.23. The number of hydrogen-bond donors (Lipinski definition) is 2. The average molecular weight is 177 g/mol. The highest BCUT2D eigenvalue weighted by molar-refractivity contribution is 5.75. The molecule has 1 aromatic rings. The van der Waals surface area contributed by atoms with Gasteiger partial charge in [-0.15, -0.1) is 6.58 Å². The molecule has 1 rings (SSSR count). The van der Waals surface area contributed by atoms with Crippen molar-refractivity contribution in [2.75, 3.05) is 5.32 Å². The van der Waals surface area contributed by atoms with Crippen LogP contribution < -0.4 is 5.32 Å². The Hall–Kier alpha value is -1.77. The van der Waals surface area contributed by atoms with Crippen LogP contribution in [0.3, 0.4) is 0 Å². The lowest BCUT2D eigenvalue weighted by Gasteiger charge is -2.03.